The summed E-state index contributed by atoms with van der Waals surface area (Å²) in [5, 5.41) is 2.61. The molecule has 1 rings (SSSR count). The van der Waals surface area contributed by atoms with Gasteiger partial charge in [0.15, 0.2) is 0 Å². The van der Waals surface area contributed by atoms with Gasteiger partial charge in [0, 0.05) is 6.54 Å². The Morgan fingerprint density at radius 3 is 1.88 bits per heavy atom. The monoisotopic (exact) mass is 455 g/mol. The van der Waals surface area contributed by atoms with Crippen molar-refractivity contribution in [3.63, 3.8) is 0 Å². The van der Waals surface area contributed by atoms with Gasteiger partial charge in [0.25, 0.3) is 0 Å². The Labute approximate surface area is 190 Å². The largest absolute Gasteiger partial charge is 0.461 e. The summed E-state index contributed by atoms with van der Waals surface area (Å²) in [6.07, 6.45) is -0.245. The molecular weight excluding hydrogens is 418 g/mol. The van der Waals surface area contributed by atoms with Crippen LogP contribution in [-0.2, 0) is 39.8 Å². The molecule has 0 aliphatic rings. The molecular formula is C23H37NO8. The lowest BCUT2D eigenvalue weighted by Gasteiger charge is -2.19. The molecule has 182 valence electrons. The van der Waals surface area contributed by atoms with E-state index in [9.17, 15) is 9.59 Å². The molecule has 0 aliphatic heterocycles. The van der Waals surface area contributed by atoms with E-state index < -0.39 is 11.7 Å². The van der Waals surface area contributed by atoms with E-state index in [0.29, 0.717) is 59.4 Å². The number of rotatable bonds is 17. The third kappa shape index (κ3) is 17.5. The number of hydrogen-bond donors (Lipinski definition) is 1. The topological polar surface area (TPSA) is 102 Å². The van der Waals surface area contributed by atoms with Crippen molar-refractivity contribution < 1.29 is 38.0 Å². The van der Waals surface area contributed by atoms with Gasteiger partial charge < -0.3 is 33.7 Å². The van der Waals surface area contributed by atoms with Crippen molar-refractivity contribution >= 4 is 12.1 Å². The zero-order valence-electron chi connectivity index (χ0n) is 19.4. The first kappa shape index (κ1) is 27.8. The van der Waals surface area contributed by atoms with Crippen LogP contribution in [-0.4, -0.2) is 77.1 Å². The summed E-state index contributed by atoms with van der Waals surface area (Å²) in [6, 6.07) is 9.54. The summed E-state index contributed by atoms with van der Waals surface area (Å²) >= 11 is 0. The normalized spacial score (nSPS) is 11.2. The fourth-order valence-electron chi connectivity index (χ4n) is 2.27. The quantitative estimate of drug-likeness (QED) is 0.283. The highest BCUT2D eigenvalue weighted by molar-refractivity contribution is 5.69. The molecule has 1 aromatic rings. The van der Waals surface area contributed by atoms with Gasteiger partial charge in [0.05, 0.1) is 59.3 Å². The van der Waals surface area contributed by atoms with E-state index >= 15 is 0 Å². The fourth-order valence-corrected chi connectivity index (χ4v) is 2.27. The van der Waals surface area contributed by atoms with E-state index in [0.717, 1.165) is 5.56 Å². The molecule has 9 heteroatoms. The first-order chi connectivity index (χ1) is 15.4. The van der Waals surface area contributed by atoms with Crippen LogP contribution in [0.15, 0.2) is 30.3 Å². The lowest BCUT2D eigenvalue weighted by molar-refractivity contribution is -0.146. The molecule has 0 aromatic heterocycles. The van der Waals surface area contributed by atoms with E-state index in [1.807, 2.05) is 51.1 Å². The molecule has 1 aromatic carbocycles. The fraction of sp³-hybridized carbons (Fsp3) is 0.652. The molecule has 0 bridgehead atoms. The molecule has 0 spiro atoms. The average molecular weight is 456 g/mol. The number of alkyl carbamates (subject to hydrolysis) is 1. The maximum absolute atomic E-state index is 11.6. The maximum Gasteiger partial charge on any atom is 0.407 e. The summed E-state index contributed by atoms with van der Waals surface area (Å²) < 4.78 is 31.8. The lowest BCUT2D eigenvalue weighted by Crippen LogP contribution is -2.34. The summed E-state index contributed by atoms with van der Waals surface area (Å²) in [5.74, 6) is -0.286. The predicted octanol–water partition coefficient (Wildman–Crippen LogP) is 2.71. The zero-order chi connectivity index (χ0) is 23.5. The van der Waals surface area contributed by atoms with E-state index in [2.05, 4.69) is 5.32 Å². The van der Waals surface area contributed by atoms with Crippen LogP contribution in [0.1, 0.15) is 32.8 Å². The van der Waals surface area contributed by atoms with Crippen molar-refractivity contribution in [1.82, 2.24) is 5.32 Å². The van der Waals surface area contributed by atoms with Crippen LogP contribution in [0.25, 0.3) is 0 Å². The Hall–Kier alpha value is -2.20. The highest BCUT2D eigenvalue weighted by atomic mass is 16.6. The first-order valence-electron chi connectivity index (χ1n) is 10.8. The summed E-state index contributed by atoms with van der Waals surface area (Å²) in [6.45, 7) is 9.36. The molecule has 1 amide bonds. The second-order valence-corrected chi connectivity index (χ2v) is 7.77. The molecule has 0 aliphatic carbocycles. The Morgan fingerprint density at radius 1 is 0.781 bits per heavy atom. The molecule has 0 heterocycles. The van der Waals surface area contributed by atoms with Crippen molar-refractivity contribution in [2.24, 2.45) is 0 Å². The third-order valence-corrected chi connectivity index (χ3v) is 3.72. The molecule has 32 heavy (non-hydrogen) atoms. The van der Waals surface area contributed by atoms with Gasteiger partial charge in [0.2, 0.25) is 0 Å². The SMILES string of the molecule is CC(C)(C)OC(=O)NCCOCCOCCOCCOCCC(=O)OCc1ccccc1. The van der Waals surface area contributed by atoms with E-state index in [1.165, 1.54) is 0 Å². The molecule has 0 saturated heterocycles. The van der Waals surface area contributed by atoms with Crippen molar-refractivity contribution in [2.75, 3.05) is 59.4 Å². The number of carbonyl (C=O) groups excluding carboxylic acids is 2. The number of nitrogens with one attached hydrogen (secondary N) is 1. The van der Waals surface area contributed by atoms with Crippen LogP contribution in [0, 0.1) is 0 Å². The summed E-state index contributed by atoms with van der Waals surface area (Å²) in [5.41, 5.74) is 0.447. The molecule has 0 atom stereocenters. The Kier molecular flexibility index (Phi) is 15.1. The number of ether oxygens (including phenoxy) is 6. The van der Waals surface area contributed by atoms with Crippen molar-refractivity contribution in [3.05, 3.63) is 35.9 Å². The van der Waals surface area contributed by atoms with Crippen molar-refractivity contribution in [3.8, 4) is 0 Å². The zero-order valence-corrected chi connectivity index (χ0v) is 19.4. The Bertz CT molecular complexity index is 618. The van der Waals surface area contributed by atoms with Gasteiger partial charge in [0.1, 0.15) is 12.2 Å². The summed E-state index contributed by atoms with van der Waals surface area (Å²) in [4.78, 5) is 23.1. The summed E-state index contributed by atoms with van der Waals surface area (Å²) in [7, 11) is 0. The van der Waals surface area contributed by atoms with Gasteiger partial charge in [-0.25, -0.2) is 4.79 Å². The van der Waals surface area contributed by atoms with E-state index in [-0.39, 0.29) is 19.0 Å². The van der Waals surface area contributed by atoms with Crippen LogP contribution in [0.3, 0.4) is 0 Å². The highest BCUT2D eigenvalue weighted by Crippen LogP contribution is 2.06. The smallest absolute Gasteiger partial charge is 0.407 e. The van der Waals surface area contributed by atoms with Gasteiger partial charge >= 0.3 is 12.1 Å². The second-order valence-electron chi connectivity index (χ2n) is 7.77. The highest BCUT2D eigenvalue weighted by Gasteiger charge is 2.15. The van der Waals surface area contributed by atoms with Gasteiger partial charge in [-0.1, -0.05) is 30.3 Å². The number of benzene rings is 1. The molecule has 9 nitrogen and oxygen atoms in total. The third-order valence-electron chi connectivity index (χ3n) is 3.72. The Balaban J connectivity index is 1.78. The minimum Gasteiger partial charge on any atom is -0.461 e. The van der Waals surface area contributed by atoms with Gasteiger partial charge in [-0.15, -0.1) is 0 Å². The maximum atomic E-state index is 11.6. The number of carbonyl (C=O) groups is 2. The molecule has 0 radical (unpaired) electrons. The Morgan fingerprint density at radius 2 is 1.31 bits per heavy atom. The van der Waals surface area contributed by atoms with Crippen LogP contribution in [0.4, 0.5) is 4.79 Å². The van der Waals surface area contributed by atoms with Crippen molar-refractivity contribution in [1.29, 1.82) is 0 Å². The number of amides is 1. The van der Waals surface area contributed by atoms with E-state index in [4.69, 9.17) is 28.4 Å². The molecule has 0 unspecified atom stereocenters. The minimum atomic E-state index is -0.510. The van der Waals surface area contributed by atoms with Gasteiger partial charge in [-0.05, 0) is 26.3 Å². The predicted molar refractivity (Wildman–Crippen MR) is 118 cm³/mol. The van der Waals surface area contributed by atoms with Crippen molar-refractivity contribution in [2.45, 2.75) is 39.4 Å². The minimum absolute atomic E-state index is 0.212. The standard InChI is InChI=1S/C23H37NO8/c1-23(2,3)32-22(26)24-10-12-28-14-16-30-18-17-29-15-13-27-11-9-21(25)31-19-20-7-5-4-6-8-20/h4-8H,9-19H2,1-3H3,(H,24,26). The lowest BCUT2D eigenvalue weighted by atomic mass is 10.2. The number of hydrogen-bond acceptors (Lipinski definition) is 8. The van der Waals surface area contributed by atoms with Gasteiger partial charge in [-0.3, -0.25) is 4.79 Å². The molecule has 0 fully saturated rings. The van der Waals surface area contributed by atoms with E-state index in [1.54, 1.807) is 0 Å². The van der Waals surface area contributed by atoms with Crippen LogP contribution >= 0.6 is 0 Å². The average Bonchev–Trinajstić information content (AvgIpc) is 2.74. The van der Waals surface area contributed by atoms with Crippen LogP contribution in [0.2, 0.25) is 0 Å². The first-order valence-corrected chi connectivity index (χ1v) is 10.8. The van der Waals surface area contributed by atoms with Crippen LogP contribution < -0.4 is 5.32 Å². The molecule has 0 saturated carbocycles. The van der Waals surface area contributed by atoms with Gasteiger partial charge in [-0.2, -0.15) is 0 Å². The number of esters is 1. The second kappa shape index (κ2) is 17.4. The van der Waals surface area contributed by atoms with Crippen LogP contribution in [0.5, 0.6) is 0 Å². The molecule has 1 N–H and O–H groups in total.